The zero-order chi connectivity index (χ0) is 13.2. The van der Waals surface area contributed by atoms with Crippen molar-refractivity contribution < 1.29 is 0 Å². The molecule has 0 amide bonds. The third kappa shape index (κ3) is 2.18. The lowest BCUT2D eigenvalue weighted by Gasteiger charge is -2.08. The van der Waals surface area contributed by atoms with E-state index in [2.05, 4.69) is 10.2 Å². The zero-order valence-corrected chi connectivity index (χ0v) is 10.4. The van der Waals surface area contributed by atoms with Gasteiger partial charge in [0.25, 0.3) is 0 Å². The molecule has 0 atom stereocenters. The van der Waals surface area contributed by atoms with Crippen LogP contribution in [0.15, 0.2) is 59.7 Å². The molecular weight excluding hydrogens is 240 g/mol. The fraction of sp³-hybridized carbons (Fsp3) is 0.0714. The highest BCUT2D eigenvalue weighted by Gasteiger charge is 2.08. The molecule has 5 nitrogen and oxygen atoms in total. The maximum absolute atomic E-state index is 11.1. The second kappa shape index (κ2) is 4.53. The van der Waals surface area contributed by atoms with Gasteiger partial charge in [0.1, 0.15) is 0 Å². The summed E-state index contributed by atoms with van der Waals surface area (Å²) in [5, 5.41) is 8.55. The number of aromatic nitrogens is 4. The summed E-state index contributed by atoms with van der Waals surface area (Å²) in [5.41, 5.74) is 1.73. The molecule has 0 spiro atoms. The molecule has 0 radical (unpaired) electrons. The monoisotopic (exact) mass is 252 g/mol. The molecule has 5 heteroatoms. The van der Waals surface area contributed by atoms with Crippen molar-refractivity contribution in [3.05, 3.63) is 70.8 Å². The molecule has 0 aliphatic rings. The van der Waals surface area contributed by atoms with Crippen LogP contribution in [0, 0.1) is 6.92 Å². The normalized spacial score (nSPS) is 10.6. The lowest BCUT2D eigenvalue weighted by atomic mass is 10.3. The van der Waals surface area contributed by atoms with Gasteiger partial charge in [-0.05, 0) is 19.1 Å². The summed E-state index contributed by atoms with van der Waals surface area (Å²) in [6, 6.07) is 13.2. The Kier molecular flexibility index (Phi) is 2.72. The first-order valence-corrected chi connectivity index (χ1v) is 5.91. The fourth-order valence-corrected chi connectivity index (χ4v) is 1.89. The van der Waals surface area contributed by atoms with E-state index in [0.29, 0.717) is 0 Å². The zero-order valence-electron chi connectivity index (χ0n) is 10.4. The van der Waals surface area contributed by atoms with E-state index >= 15 is 0 Å². The van der Waals surface area contributed by atoms with Crippen molar-refractivity contribution in [3.8, 4) is 11.5 Å². The molecule has 3 rings (SSSR count). The van der Waals surface area contributed by atoms with Crippen LogP contribution in [0.4, 0.5) is 0 Å². The van der Waals surface area contributed by atoms with Gasteiger partial charge in [0.2, 0.25) is 0 Å². The Morgan fingerprint density at radius 3 is 2.58 bits per heavy atom. The topological polar surface area (TPSA) is 52.7 Å². The number of rotatable bonds is 2. The summed E-state index contributed by atoms with van der Waals surface area (Å²) < 4.78 is 3.43. The maximum atomic E-state index is 11.1. The van der Waals surface area contributed by atoms with Crippen LogP contribution in [0.2, 0.25) is 0 Å². The number of nitrogens with zero attached hydrogens (tertiary/aromatic N) is 4. The average molecular weight is 252 g/mol. The lowest BCUT2D eigenvalue weighted by Crippen LogP contribution is -2.11. The number of aryl methyl sites for hydroxylation is 1. The van der Waals surface area contributed by atoms with Gasteiger partial charge in [0.05, 0.1) is 17.6 Å². The maximum Gasteiger partial charge on any atom is 0.200 e. The summed E-state index contributed by atoms with van der Waals surface area (Å²) in [4.78, 5) is 11.1. The first-order chi connectivity index (χ1) is 9.24. The van der Waals surface area contributed by atoms with Gasteiger partial charge in [-0.25, -0.2) is 9.36 Å². The quantitative estimate of drug-likeness (QED) is 0.698. The van der Waals surface area contributed by atoms with E-state index in [1.54, 1.807) is 15.6 Å². The highest BCUT2D eigenvalue weighted by molar-refractivity contribution is 5.38. The molecule has 2 heterocycles. The van der Waals surface area contributed by atoms with Gasteiger partial charge < -0.3 is 0 Å². The van der Waals surface area contributed by atoms with Gasteiger partial charge in [0.15, 0.2) is 11.2 Å². The van der Waals surface area contributed by atoms with E-state index in [0.717, 1.165) is 17.2 Å². The highest BCUT2D eigenvalue weighted by Crippen LogP contribution is 2.14. The van der Waals surface area contributed by atoms with E-state index in [1.165, 1.54) is 12.3 Å². The Morgan fingerprint density at radius 1 is 1.11 bits per heavy atom. The highest BCUT2D eigenvalue weighted by atomic mass is 16.1. The first kappa shape index (κ1) is 11.4. The van der Waals surface area contributed by atoms with Gasteiger partial charge in [-0.1, -0.05) is 18.2 Å². The lowest BCUT2D eigenvalue weighted by molar-refractivity contribution is 0.742. The van der Waals surface area contributed by atoms with Gasteiger partial charge in [-0.15, -0.1) is 0 Å². The fourth-order valence-electron chi connectivity index (χ4n) is 1.89. The van der Waals surface area contributed by atoms with Crippen molar-refractivity contribution in [2.24, 2.45) is 0 Å². The Bertz CT molecular complexity index is 738. The van der Waals surface area contributed by atoms with E-state index in [1.807, 2.05) is 43.3 Å². The van der Waals surface area contributed by atoms with Gasteiger partial charge >= 0.3 is 0 Å². The van der Waals surface area contributed by atoms with Crippen molar-refractivity contribution in [1.82, 2.24) is 19.6 Å². The average Bonchev–Trinajstić information content (AvgIpc) is 2.83. The van der Waals surface area contributed by atoms with Crippen molar-refractivity contribution in [2.75, 3.05) is 0 Å². The van der Waals surface area contributed by atoms with Gasteiger partial charge in [-0.3, -0.25) is 4.79 Å². The predicted molar refractivity (Wildman–Crippen MR) is 71.7 cm³/mol. The minimum atomic E-state index is -0.112. The number of para-hydroxylation sites is 1. The van der Waals surface area contributed by atoms with E-state index in [-0.39, 0.29) is 5.43 Å². The molecule has 0 saturated carbocycles. The molecule has 3 aromatic rings. The van der Waals surface area contributed by atoms with Gasteiger partial charge in [-0.2, -0.15) is 10.2 Å². The third-order valence-electron chi connectivity index (χ3n) is 2.74. The molecule has 0 fully saturated rings. The number of hydrogen-bond acceptors (Lipinski definition) is 3. The number of hydrogen-bond donors (Lipinski definition) is 0. The second-order valence-electron chi connectivity index (χ2n) is 4.20. The molecule has 94 valence electrons. The molecule has 0 saturated heterocycles. The van der Waals surface area contributed by atoms with Crippen molar-refractivity contribution in [2.45, 2.75) is 6.92 Å². The van der Waals surface area contributed by atoms with E-state index in [4.69, 9.17) is 0 Å². The second-order valence-corrected chi connectivity index (χ2v) is 4.20. The van der Waals surface area contributed by atoms with Crippen LogP contribution < -0.4 is 5.43 Å². The van der Waals surface area contributed by atoms with Crippen molar-refractivity contribution >= 4 is 0 Å². The first-order valence-electron chi connectivity index (χ1n) is 5.91. The van der Waals surface area contributed by atoms with E-state index in [9.17, 15) is 4.79 Å². The molecule has 1 aromatic carbocycles. The molecular formula is C14H12N4O. The van der Waals surface area contributed by atoms with Crippen LogP contribution in [-0.2, 0) is 0 Å². The number of benzene rings is 1. The van der Waals surface area contributed by atoms with Crippen LogP contribution >= 0.6 is 0 Å². The molecule has 0 aliphatic heterocycles. The van der Waals surface area contributed by atoms with Crippen LogP contribution in [0.3, 0.4) is 0 Å². The summed E-state index contributed by atoms with van der Waals surface area (Å²) in [6.45, 7) is 1.92. The molecule has 0 aliphatic carbocycles. The van der Waals surface area contributed by atoms with Crippen LogP contribution in [0.1, 0.15) is 5.69 Å². The summed E-state index contributed by atoms with van der Waals surface area (Å²) >= 11 is 0. The smallest absolute Gasteiger partial charge is 0.200 e. The van der Waals surface area contributed by atoms with Crippen molar-refractivity contribution in [3.63, 3.8) is 0 Å². The standard InChI is InChI=1S/C14H12N4O/c1-11-9-14(17-8-7-13(19)10-15-17)18(16-11)12-5-3-2-4-6-12/h2-10H,1H3. The Hall–Kier alpha value is -2.69. The Balaban J connectivity index is 2.17. The van der Waals surface area contributed by atoms with Crippen LogP contribution in [0.5, 0.6) is 0 Å². The van der Waals surface area contributed by atoms with E-state index < -0.39 is 0 Å². The van der Waals surface area contributed by atoms with Crippen LogP contribution in [-0.4, -0.2) is 19.6 Å². The minimum absolute atomic E-state index is 0.112. The SMILES string of the molecule is Cc1cc(-n2ccc(=O)cn2)n(-c2ccccc2)n1. The summed E-state index contributed by atoms with van der Waals surface area (Å²) in [6.07, 6.45) is 2.93. The third-order valence-corrected chi connectivity index (χ3v) is 2.74. The Morgan fingerprint density at radius 2 is 1.89 bits per heavy atom. The largest absolute Gasteiger partial charge is 0.288 e. The molecule has 0 N–H and O–H groups in total. The van der Waals surface area contributed by atoms with Crippen LogP contribution in [0.25, 0.3) is 11.5 Å². The molecule has 2 aromatic heterocycles. The summed E-state index contributed by atoms with van der Waals surface area (Å²) in [5.74, 6) is 0.795. The molecule has 0 unspecified atom stereocenters. The summed E-state index contributed by atoms with van der Waals surface area (Å²) in [7, 11) is 0. The minimum Gasteiger partial charge on any atom is -0.288 e. The predicted octanol–water partition coefficient (Wildman–Crippen LogP) is 1.73. The molecule has 0 bridgehead atoms. The van der Waals surface area contributed by atoms with Gasteiger partial charge in [0, 0.05) is 18.3 Å². The van der Waals surface area contributed by atoms with Crippen molar-refractivity contribution in [1.29, 1.82) is 0 Å². The molecule has 19 heavy (non-hydrogen) atoms. The Labute approximate surface area is 109 Å².